The smallest absolute Gasteiger partial charge is 0.352 e. The van der Waals surface area contributed by atoms with Crippen molar-refractivity contribution in [3.05, 3.63) is 58.9 Å². The van der Waals surface area contributed by atoms with Gasteiger partial charge in [0.1, 0.15) is 5.69 Å². The molecule has 0 spiro atoms. The molecular formula is C15H17NO2. The molecular weight excluding hydrogens is 226 g/mol. The van der Waals surface area contributed by atoms with Crippen LogP contribution in [0, 0.1) is 6.92 Å². The molecule has 3 nitrogen and oxygen atoms in total. The van der Waals surface area contributed by atoms with Gasteiger partial charge in [-0.25, -0.2) is 4.79 Å². The van der Waals surface area contributed by atoms with Crippen LogP contribution in [0.25, 0.3) is 0 Å². The molecule has 1 heterocycles. The first-order valence-electron chi connectivity index (χ1n) is 6.09. The Morgan fingerprint density at radius 3 is 2.50 bits per heavy atom. The molecule has 0 bridgehead atoms. The average Bonchev–Trinajstić information content (AvgIpc) is 2.68. The standard InChI is InChI=1S/C15H17NO2/c1-3-16-13(10-12-7-5-4-6-8-12)11(2)9-14(16)15(17)18/h4-9H,3,10H2,1-2H3,(H,17,18). The first-order valence-corrected chi connectivity index (χ1v) is 6.09. The molecule has 3 heteroatoms. The molecule has 2 rings (SSSR count). The summed E-state index contributed by atoms with van der Waals surface area (Å²) in [4.78, 5) is 11.2. The van der Waals surface area contributed by atoms with E-state index in [2.05, 4.69) is 12.1 Å². The summed E-state index contributed by atoms with van der Waals surface area (Å²) in [6.07, 6.45) is 0.772. The van der Waals surface area contributed by atoms with E-state index in [1.54, 1.807) is 6.07 Å². The number of carboxylic acids is 1. The Hall–Kier alpha value is -2.03. The molecule has 1 aromatic carbocycles. The SMILES string of the molecule is CCn1c(C(=O)O)cc(C)c1Cc1ccccc1. The summed E-state index contributed by atoms with van der Waals surface area (Å²) in [5.41, 5.74) is 3.70. The van der Waals surface area contributed by atoms with Gasteiger partial charge >= 0.3 is 5.97 Å². The molecule has 0 saturated carbocycles. The van der Waals surface area contributed by atoms with Crippen LogP contribution in [0.15, 0.2) is 36.4 Å². The van der Waals surface area contributed by atoms with Gasteiger partial charge in [-0.3, -0.25) is 0 Å². The van der Waals surface area contributed by atoms with Gasteiger partial charge in [0.15, 0.2) is 0 Å². The fourth-order valence-corrected chi connectivity index (χ4v) is 2.29. The third kappa shape index (κ3) is 2.30. The summed E-state index contributed by atoms with van der Waals surface area (Å²) in [6, 6.07) is 11.9. The average molecular weight is 243 g/mol. The van der Waals surface area contributed by atoms with Crippen molar-refractivity contribution in [2.45, 2.75) is 26.8 Å². The monoisotopic (exact) mass is 243 g/mol. The highest BCUT2D eigenvalue weighted by molar-refractivity contribution is 5.86. The fraction of sp³-hybridized carbons (Fsp3) is 0.267. The number of aryl methyl sites for hydroxylation is 1. The third-order valence-electron chi connectivity index (χ3n) is 3.17. The van der Waals surface area contributed by atoms with E-state index in [1.165, 1.54) is 5.56 Å². The van der Waals surface area contributed by atoms with Crippen molar-refractivity contribution in [1.29, 1.82) is 0 Å². The predicted octanol–water partition coefficient (Wildman–Crippen LogP) is 3.11. The Labute approximate surface area is 107 Å². The summed E-state index contributed by atoms with van der Waals surface area (Å²) in [6.45, 7) is 4.62. The highest BCUT2D eigenvalue weighted by Crippen LogP contribution is 2.19. The van der Waals surface area contributed by atoms with Crippen molar-refractivity contribution in [3.8, 4) is 0 Å². The lowest BCUT2D eigenvalue weighted by Crippen LogP contribution is -2.10. The van der Waals surface area contributed by atoms with Gasteiger partial charge in [0.2, 0.25) is 0 Å². The third-order valence-corrected chi connectivity index (χ3v) is 3.17. The highest BCUT2D eigenvalue weighted by Gasteiger charge is 2.16. The van der Waals surface area contributed by atoms with Crippen molar-refractivity contribution in [2.75, 3.05) is 0 Å². The van der Waals surface area contributed by atoms with Crippen LogP contribution in [-0.4, -0.2) is 15.6 Å². The first-order chi connectivity index (χ1) is 8.63. The second-order valence-corrected chi connectivity index (χ2v) is 4.37. The van der Waals surface area contributed by atoms with Crippen LogP contribution in [0.3, 0.4) is 0 Å². The van der Waals surface area contributed by atoms with E-state index in [9.17, 15) is 9.90 Å². The quantitative estimate of drug-likeness (QED) is 0.896. The molecule has 2 aromatic rings. The van der Waals surface area contributed by atoms with E-state index >= 15 is 0 Å². The number of carbonyl (C=O) groups is 1. The van der Waals surface area contributed by atoms with E-state index in [-0.39, 0.29) is 0 Å². The van der Waals surface area contributed by atoms with E-state index in [0.717, 1.165) is 17.7 Å². The van der Waals surface area contributed by atoms with Crippen LogP contribution in [0.1, 0.15) is 34.2 Å². The van der Waals surface area contributed by atoms with Crippen molar-refractivity contribution >= 4 is 5.97 Å². The zero-order valence-corrected chi connectivity index (χ0v) is 10.7. The number of aromatic carboxylic acids is 1. The summed E-state index contributed by atoms with van der Waals surface area (Å²) in [7, 11) is 0. The van der Waals surface area contributed by atoms with Crippen LogP contribution in [0.2, 0.25) is 0 Å². The van der Waals surface area contributed by atoms with E-state index < -0.39 is 5.97 Å². The molecule has 0 saturated heterocycles. The maximum atomic E-state index is 11.2. The highest BCUT2D eigenvalue weighted by atomic mass is 16.4. The molecule has 1 N–H and O–H groups in total. The van der Waals surface area contributed by atoms with Gasteiger partial charge in [-0.2, -0.15) is 0 Å². The Balaban J connectivity index is 2.41. The van der Waals surface area contributed by atoms with E-state index in [4.69, 9.17) is 0 Å². The molecule has 18 heavy (non-hydrogen) atoms. The molecule has 0 aliphatic rings. The lowest BCUT2D eigenvalue weighted by molar-refractivity contribution is 0.0685. The number of aromatic nitrogens is 1. The normalized spacial score (nSPS) is 10.6. The first kappa shape index (κ1) is 12.4. The van der Waals surface area contributed by atoms with Gasteiger partial charge < -0.3 is 9.67 Å². The molecule has 0 fully saturated rings. The summed E-state index contributed by atoms with van der Waals surface area (Å²) in [5.74, 6) is -0.862. The lowest BCUT2D eigenvalue weighted by Gasteiger charge is -2.10. The van der Waals surface area contributed by atoms with Crippen molar-refractivity contribution in [2.24, 2.45) is 0 Å². The number of nitrogens with zero attached hydrogens (tertiary/aromatic N) is 1. The van der Waals surface area contributed by atoms with Crippen molar-refractivity contribution in [1.82, 2.24) is 4.57 Å². The Bertz CT molecular complexity index is 555. The lowest BCUT2D eigenvalue weighted by atomic mass is 10.1. The summed E-state index contributed by atoms with van der Waals surface area (Å²) < 4.78 is 1.88. The topological polar surface area (TPSA) is 42.2 Å². The molecule has 0 unspecified atom stereocenters. The van der Waals surface area contributed by atoms with Gasteiger partial charge in [-0.05, 0) is 31.0 Å². The molecule has 1 aromatic heterocycles. The van der Waals surface area contributed by atoms with Crippen molar-refractivity contribution in [3.63, 3.8) is 0 Å². The fourth-order valence-electron chi connectivity index (χ4n) is 2.29. The Morgan fingerprint density at radius 1 is 1.28 bits per heavy atom. The number of rotatable bonds is 4. The molecule has 94 valence electrons. The van der Waals surface area contributed by atoms with Crippen LogP contribution in [0.4, 0.5) is 0 Å². The van der Waals surface area contributed by atoms with Crippen LogP contribution in [0.5, 0.6) is 0 Å². The zero-order chi connectivity index (χ0) is 13.1. The molecule has 0 aliphatic carbocycles. The van der Waals surface area contributed by atoms with E-state index in [1.807, 2.05) is 36.6 Å². The van der Waals surface area contributed by atoms with Gasteiger partial charge in [0.05, 0.1) is 0 Å². The van der Waals surface area contributed by atoms with E-state index in [0.29, 0.717) is 12.2 Å². The number of hydrogen-bond donors (Lipinski definition) is 1. The second-order valence-electron chi connectivity index (χ2n) is 4.37. The summed E-state index contributed by atoms with van der Waals surface area (Å²) >= 11 is 0. The van der Waals surface area contributed by atoms with Crippen LogP contribution < -0.4 is 0 Å². The van der Waals surface area contributed by atoms with Crippen LogP contribution >= 0.6 is 0 Å². The molecule has 0 amide bonds. The molecule has 0 radical (unpaired) electrons. The maximum Gasteiger partial charge on any atom is 0.352 e. The number of benzene rings is 1. The second kappa shape index (κ2) is 5.08. The Morgan fingerprint density at radius 2 is 1.94 bits per heavy atom. The number of carboxylic acid groups (broad SMARTS) is 1. The number of hydrogen-bond acceptors (Lipinski definition) is 1. The van der Waals surface area contributed by atoms with Gasteiger partial charge in [0, 0.05) is 18.7 Å². The van der Waals surface area contributed by atoms with Gasteiger partial charge in [0.25, 0.3) is 0 Å². The molecule has 0 atom stereocenters. The van der Waals surface area contributed by atoms with Gasteiger partial charge in [-0.15, -0.1) is 0 Å². The van der Waals surface area contributed by atoms with Crippen LogP contribution in [-0.2, 0) is 13.0 Å². The maximum absolute atomic E-state index is 11.2. The minimum Gasteiger partial charge on any atom is -0.477 e. The van der Waals surface area contributed by atoms with Gasteiger partial charge in [-0.1, -0.05) is 30.3 Å². The minimum atomic E-state index is -0.862. The molecule has 0 aliphatic heterocycles. The van der Waals surface area contributed by atoms with Crippen molar-refractivity contribution < 1.29 is 9.90 Å². The predicted molar refractivity (Wildman–Crippen MR) is 71.1 cm³/mol. The largest absolute Gasteiger partial charge is 0.477 e. The zero-order valence-electron chi connectivity index (χ0n) is 10.7. The minimum absolute atomic E-state index is 0.376. The Kier molecular flexibility index (Phi) is 3.51. The summed E-state index contributed by atoms with van der Waals surface area (Å²) in [5, 5.41) is 9.18.